The molecule has 3 nitrogen and oxygen atoms in total. The molecule has 1 aromatic carbocycles. The predicted octanol–water partition coefficient (Wildman–Crippen LogP) is 2.29. The lowest BCUT2D eigenvalue weighted by molar-refractivity contribution is 0.251. The van der Waals surface area contributed by atoms with Crippen molar-refractivity contribution in [2.45, 2.75) is 13.2 Å². The number of hydrogen-bond donors (Lipinski definition) is 1. The number of halogens is 1. The van der Waals surface area contributed by atoms with Gasteiger partial charge in [0.1, 0.15) is 6.61 Å². The summed E-state index contributed by atoms with van der Waals surface area (Å²) in [6.07, 6.45) is 3.31. The summed E-state index contributed by atoms with van der Waals surface area (Å²) in [6.45, 7) is -0.0259. The van der Waals surface area contributed by atoms with E-state index in [0.717, 1.165) is 5.56 Å². The van der Waals surface area contributed by atoms with Gasteiger partial charge in [-0.15, -0.1) is 0 Å². The second-order valence-corrected chi connectivity index (χ2v) is 3.54. The van der Waals surface area contributed by atoms with E-state index in [9.17, 15) is 4.39 Å². The van der Waals surface area contributed by atoms with Crippen molar-refractivity contribution < 1.29 is 14.2 Å². The van der Waals surface area contributed by atoms with Gasteiger partial charge in [-0.3, -0.25) is 4.98 Å². The molecule has 1 heterocycles. The normalized spacial score (nSPS) is 10.2. The highest BCUT2D eigenvalue weighted by Crippen LogP contribution is 2.23. The number of ether oxygens (including phenoxy) is 1. The van der Waals surface area contributed by atoms with Gasteiger partial charge in [0.25, 0.3) is 0 Å². The number of aliphatic hydroxyl groups is 1. The maximum Gasteiger partial charge on any atom is 0.165 e. The molecule has 1 aromatic heterocycles. The van der Waals surface area contributed by atoms with Crippen LogP contribution < -0.4 is 4.74 Å². The maximum absolute atomic E-state index is 13.5. The highest BCUT2D eigenvalue weighted by atomic mass is 19.1. The first kappa shape index (κ1) is 11.5. The number of rotatable bonds is 4. The number of nitrogens with zero attached hydrogens (tertiary/aromatic N) is 1. The number of hydrogen-bond acceptors (Lipinski definition) is 3. The van der Waals surface area contributed by atoms with Crippen LogP contribution in [0.2, 0.25) is 0 Å². The van der Waals surface area contributed by atoms with E-state index in [1.165, 1.54) is 12.1 Å². The Labute approximate surface area is 98.5 Å². The van der Waals surface area contributed by atoms with Crippen molar-refractivity contribution in [3.05, 3.63) is 59.7 Å². The Balaban J connectivity index is 2.14. The molecule has 0 atom stereocenters. The largest absolute Gasteiger partial charge is 0.485 e. The topological polar surface area (TPSA) is 42.4 Å². The molecule has 0 unspecified atom stereocenters. The quantitative estimate of drug-likeness (QED) is 0.881. The second-order valence-electron chi connectivity index (χ2n) is 3.54. The van der Waals surface area contributed by atoms with E-state index >= 15 is 0 Å². The first-order valence-electron chi connectivity index (χ1n) is 5.21. The minimum absolute atomic E-state index is 0.0962. The molecule has 2 aromatic rings. The summed E-state index contributed by atoms with van der Waals surface area (Å²) in [5.41, 5.74) is 1.29. The molecule has 0 amide bonds. The zero-order valence-corrected chi connectivity index (χ0v) is 9.14. The van der Waals surface area contributed by atoms with Gasteiger partial charge in [-0.05, 0) is 12.1 Å². The molecule has 0 aliphatic heterocycles. The van der Waals surface area contributed by atoms with Crippen molar-refractivity contribution in [2.75, 3.05) is 0 Å². The lowest BCUT2D eigenvalue weighted by atomic mass is 10.2. The lowest BCUT2D eigenvalue weighted by Crippen LogP contribution is -2.01. The molecule has 4 heteroatoms. The highest BCUT2D eigenvalue weighted by Gasteiger charge is 2.09. The SMILES string of the molecule is OCc1cccc(F)c1OCc1cccnc1. The highest BCUT2D eigenvalue weighted by molar-refractivity contribution is 5.34. The van der Waals surface area contributed by atoms with Gasteiger partial charge in [0.15, 0.2) is 11.6 Å². The molecule has 88 valence electrons. The molecular weight excluding hydrogens is 221 g/mol. The molecule has 0 aliphatic rings. The number of aliphatic hydroxyl groups excluding tert-OH is 1. The first-order chi connectivity index (χ1) is 8.31. The lowest BCUT2D eigenvalue weighted by Gasteiger charge is -2.10. The first-order valence-corrected chi connectivity index (χ1v) is 5.21. The van der Waals surface area contributed by atoms with Gasteiger partial charge in [-0.1, -0.05) is 18.2 Å². The molecular formula is C13H12FNO2. The molecule has 0 saturated heterocycles. The van der Waals surface area contributed by atoms with Crippen LogP contribution in [-0.2, 0) is 13.2 Å². The Morgan fingerprint density at radius 2 is 2.12 bits per heavy atom. The minimum Gasteiger partial charge on any atom is -0.485 e. The van der Waals surface area contributed by atoms with E-state index in [0.29, 0.717) is 5.56 Å². The van der Waals surface area contributed by atoms with Crippen LogP contribution in [0.4, 0.5) is 4.39 Å². The Bertz CT molecular complexity index is 488. The summed E-state index contributed by atoms with van der Waals surface area (Å²) in [5, 5.41) is 9.08. The molecule has 0 radical (unpaired) electrons. The van der Waals surface area contributed by atoms with Crippen LogP contribution in [0.25, 0.3) is 0 Å². The Kier molecular flexibility index (Phi) is 3.67. The predicted molar refractivity (Wildman–Crippen MR) is 60.9 cm³/mol. The van der Waals surface area contributed by atoms with Crippen molar-refractivity contribution in [3.8, 4) is 5.75 Å². The summed E-state index contributed by atoms with van der Waals surface area (Å²) in [4.78, 5) is 3.94. The van der Waals surface area contributed by atoms with Crippen molar-refractivity contribution >= 4 is 0 Å². The summed E-state index contributed by atoms with van der Waals surface area (Å²) >= 11 is 0. The molecule has 0 aliphatic carbocycles. The fraction of sp³-hybridized carbons (Fsp3) is 0.154. The minimum atomic E-state index is -0.472. The fourth-order valence-corrected chi connectivity index (χ4v) is 1.48. The van der Waals surface area contributed by atoms with E-state index in [-0.39, 0.29) is 19.0 Å². The summed E-state index contributed by atoms with van der Waals surface area (Å²) in [7, 11) is 0. The van der Waals surface area contributed by atoms with Crippen LogP contribution in [0.3, 0.4) is 0 Å². The van der Waals surface area contributed by atoms with Crippen LogP contribution >= 0.6 is 0 Å². The molecule has 0 saturated carbocycles. The van der Waals surface area contributed by atoms with Gasteiger partial charge < -0.3 is 9.84 Å². The van der Waals surface area contributed by atoms with E-state index in [1.54, 1.807) is 24.5 Å². The maximum atomic E-state index is 13.5. The van der Waals surface area contributed by atoms with Crippen LogP contribution in [0.1, 0.15) is 11.1 Å². The standard InChI is InChI=1S/C13H12FNO2/c14-12-5-1-4-11(8-16)13(12)17-9-10-3-2-6-15-7-10/h1-7,16H,8-9H2. The average Bonchev–Trinajstić information content (AvgIpc) is 2.38. The summed E-state index contributed by atoms with van der Waals surface area (Å²) in [6, 6.07) is 8.09. The van der Waals surface area contributed by atoms with Crippen molar-refractivity contribution in [2.24, 2.45) is 0 Å². The number of pyridine rings is 1. The third-order valence-corrected chi connectivity index (χ3v) is 2.32. The van der Waals surface area contributed by atoms with Gasteiger partial charge in [0, 0.05) is 23.5 Å². The summed E-state index contributed by atoms with van der Waals surface area (Å²) in [5.74, 6) is -0.376. The smallest absolute Gasteiger partial charge is 0.165 e. The molecule has 0 fully saturated rings. The Morgan fingerprint density at radius 1 is 1.24 bits per heavy atom. The Hall–Kier alpha value is -1.94. The number of aromatic nitrogens is 1. The van der Waals surface area contributed by atoms with E-state index < -0.39 is 5.82 Å². The van der Waals surface area contributed by atoms with Crippen LogP contribution in [-0.4, -0.2) is 10.1 Å². The number of para-hydroxylation sites is 1. The van der Waals surface area contributed by atoms with Gasteiger partial charge >= 0.3 is 0 Å². The Morgan fingerprint density at radius 3 is 2.82 bits per heavy atom. The van der Waals surface area contributed by atoms with Crippen molar-refractivity contribution in [3.63, 3.8) is 0 Å². The van der Waals surface area contributed by atoms with Gasteiger partial charge in [0.05, 0.1) is 6.61 Å². The van der Waals surface area contributed by atoms with E-state index in [1.807, 2.05) is 6.07 Å². The number of benzene rings is 1. The van der Waals surface area contributed by atoms with E-state index in [4.69, 9.17) is 9.84 Å². The monoisotopic (exact) mass is 233 g/mol. The van der Waals surface area contributed by atoms with Crippen LogP contribution in [0.5, 0.6) is 5.75 Å². The van der Waals surface area contributed by atoms with Crippen molar-refractivity contribution in [1.82, 2.24) is 4.98 Å². The zero-order valence-electron chi connectivity index (χ0n) is 9.14. The third kappa shape index (κ3) is 2.79. The molecule has 1 N–H and O–H groups in total. The van der Waals surface area contributed by atoms with Gasteiger partial charge in [0.2, 0.25) is 0 Å². The van der Waals surface area contributed by atoms with Gasteiger partial charge in [-0.25, -0.2) is 4.39 Å². The van der Waals surface area contributed by atoms with Gasteiger partial charge in [-0.2, -0.15) is 0 Å². The molecule has 17 heavy (non-hydrogen) atoms. The molecule has 0 bridgehead atoms. The van der Waals surface area contributed by atoms with Crippen LogP contribution in [0.15, 0.2) is 42.7 Å². The molecule has 2 rings (SSSR count). The average molecular weight is 233 g/mol. The van der Waals surface area contributed by atoms with Crippen molar-refractivity contribution in [1.29, 1.82) is 0 Å². The van der Waals surface area contributed by atoms with E-state index in [2.05, 4.69) is 4.98 Å². The molecule has 0 spiro atoms. The zero-order chi connectivity index (χ0) is 12.1. The fourth-order valence-electron chi connectivity index (χ4n) is 1.48. The summed E-state index contributed by atoms with van der Waals surface area (Å²) < 4.78 is 18.9. The second kappa shape index (κ2) is 5.41. The van der Waals surface area contributed by atoms with Crippen LogP contribution in [0, 0.1) is 5.82 Å². The third-order valence-electron chi connectivity index (χ3n) is 2.32.